The number of carbonyl (C=O) groups is 1. The van der Waals surface area contributed by atoms with E-state index in [0.717, 1.165) is 4.31 Å². The summed E-state index contributed by atoms with van der Waals surface area (Å²) in [6, 6.07) is 9.84. The molecule has 1 unspecified atom stereocenters. The maximum atomic E-state index is 13.5. The summed E-state index contributed by atoms with van der Waals surface area (Å²) in [6.45, 7) is 3.00. The number of carboxylic acids is 1. The van der Waals surface area contributed by atoms with Crippen molar-refractivity contribution in [2.75, 3.05) is 52.5 Å². The van der Waals surface area contributed by atoms with Crippen molar-refractivity contribution in [2.45, 2.75) is 23.1 Å². The molecule has 0 amide bonds. The molecule has 0 aromatic heterocycles. The van der Waals surface area contributed by atoms with Gasteiger partial charge in [-0.15, -0.1) is 0 Å². The predicted octanol–water partition coefficient (Wildman–Crippen LogP) is 0.679. The van der Waals surface area contributed by atoms with Crippen LogP contribution in [-0.4, -0.2) is 101 Å². The highest BCUT2D eigenvalue weighted by molar-refractivity contribution is 7.91. The number of nitrogens with two attached hydrogens (primary N) is 1. The molecule has 0 saturated carbocycles. The first kappa shape index (κ1) is 30.5. The van der Waals surface area contributed by atoms with Crippen LogP contribution in [0.15, 0.2) is 52.3 Å². The molecule has 2 aromatic rings. The number of benzene rings is 2. The standard InChI is InChI=1S/C25H33N5O9S2/c1-18-12-20(37-16-19-6-7-30(25(26)27)38-17-19)14-21(13-18)39-41(35,36)23-5-3-2-4-22(23)40(33,34)29-10-8-28(9-11-29)15-24(31)32/h2-5,12-14,19H,6-11,15-17H2,1H3,(H3,26,27)(H,31,32). The lowest BCUT2D eigenvalue weighted by Crippen LogP contribution is -2.49. The summed E-state index contributed by atoms with van der Waals surface area (Å²) in [7, 11) is -8.81. The van der Waals surface area contributed by atoms with Gasteiger partial charge in [-0.05, 0) is 43.2 Å². The number of sulfonamides is 1. The minimum Gasteiger partial charge on any atom is -0.493 e. The lowest BCUT2D eigenvalue weighted by atomic mass is 10.1. The number of guanidine groups is 1. The topological polar surface area (TPSA) is 193 Å². The van der Waals surface area contributed by atoms with Gasteiger partial charge in [-0.2, -0.15) is 12.7 Å². The highest BCUT2D eigenvalue weighted by Crippen LogP contribution is 2.30. The van der Waals surface area contributed by atoms with Crippen molar-refractivity contribution in [3.05, 3.63) is 48.0 Å². The van der Waals surface area contributed by atoms with E-state index in [1.807, 2.05) is 0 Å². The van der Waals surface area contributed by atoms with E-state index < -0.39 is 35.9 Å². The van der Waals surface area contributed by atoms with Crippen LogP contribution in [0.3, 0.4) is 0 Å². The van der Waals surface area contributed by atoms with Gasteiger partial charge in [-0.25, -0.2) is 13.5 Å². The monoisotopic (exact) mass is 611 g/mol. The number of hydroxylamine groups is 2. The molecular weight excluding hydrogens is 578 g/mol. The van der Waals surface area contributed by atoms with Crippen LogP contribution in [0.4, 0.5) is 0 Å². The Labute approximate surface area is 238 Å². The number of rotatable bonds is 10. The Balaban J connectivity index is 1.47. The number of aryl methyl sites for hydroxylation is 1. The van der Waals surface area contributed by atoms with Crippen molar-refractivity contribution in [3.63, 3.8) is 0 Å². The summed E-state index contributed by atoms with van der Waals surface area (Å²) in [5.74, 6) is -0.828. The molecule has 0 aliphatic carbocycles. The summed E-state index contributed by atoms with van der Waals surface area (Å²) in [6.07, 6.45) is 0.684. The highest BCUT2D eigenvalue weighted by atomic mass is 32.2. The third kappa shape index (κ3) is 7.65. The second kappa shape index (κ2) is 12.6. The Morgan fingerprint density at radius 2 is 1.71 bits per heavy atom. The predicted molar refractivity (Wildman–Crippen MR) is 146 cm³/mol. The fourth-order valence-electron chi connectivity index (χ4n) is 4.52. The number of piperazine rings is 1. The molecule has 2 fully saturated rings. The van der Waals surface area contributed by atoms with Gasteiger partial charge in [0.25, 0.3) is 0 Å². The summed E-state index contributed by atoms with van der Waals surface area (Å²) in [5, 5.41) is 17.7. The number of nitrogens with zero attached hydrogens (tertiary/aromatic N) is 3. The number of hydrogen-bond acceptors (Lipinski definition) is 10. The highest BCUT2D eigenvalue weighted by Gasteiger charge is 2.34. The fourth-order valence-corrected chi connectivity index (χ4v) is 7.64. The molecular formula is C25H33N5O9S2. The zero-order chi connectivity index (χ0) is 29.8. The van der Waals surface area contributed by atoms with E-state index in [4.69, 9.17) is 30.0 Å². The molecule has 4 rings (SSSR count). The molecule has 2 aromatic carbocycles. The molecule has 224 valence electrons. The molecule has 2 aliphatic rings. The van der Waals surface area contributed by atoms with E-state index in [1.54, 1.807) is 17.9 Å². The Hall–Kier alpha value is -3.44. The molecule has 0 radical (unpaired) electrons. The van der Waals surface area contributed by atoms with Crippen molar-refractivity contribution < 1.29 is 40.5 Å². The first-order valence-corrected chi connectivity index (χ1v) is 15.7. The molecule has 4 N–H and O–H groups in total. The fraction of sp³-hybridized carbons (Fsp3) is 0.440. The van der Waals surface area contributed by atoms with Crippen LogP contribution in [-0.2, 0) is 29.8 Å². The molecule has 0 bridgehead atoms. The van der Waals surface area contributed by atoms with Gasteiger partial charge in [-0.1, -0.05) is 12.1 Å². The average Bonchev–Trinajstić information content (AvgIpc) is 2.91. The number of hydrogen-bond donors (Lipinski definition) is 3. The Bertz CT molecular complexity index is 1480. The van der Waals surface area contributed by atoms with Crippen molar-refractivity contribution in [1.29, 1.82) is 5.41 Å². The molecule has 2 saturated heterocycles. The van der Waals surface area contributed by atoms with Gasteiger partial charge in [0.05, 0.1) is 19.8 Å². The van der Waals surface area contributed by atoms with Crippen LogP contribution in [0.5, 0.6) is 11.5 Å². The minimum atomic E-state index is -4.58. The van der Waals surface area contributed by atoms with Crippen molar-refractivity contribution in [1.82, 2.24) is 14.3 Å². The van der Waals surface area contributed by atoms with Crippen LogP contribution >= 0.6 is 0 Å². The van der Waals surface area contributed by atoms with Crippen LogP contribution in [0.1, 0.15) is 12.0 Å². The molecule has 14 nitrogen and oxygen atoms in total. The molecule has 2 heterocycles. The number of ether oxygens (including phenoxy) is 1. The number of carboxylic acid groups (broad SMARTS) is 1. The normalized spacial score (nSPS) is 19.0. The zero-order valence-corrected chi connectivity index (χ0v) is 24.1. The van der Waals surface area contributed by atoms with Gasteiger partial charge < -0.3 is 19.8 Å². The Morgan fingerprint density at radius 1 is 1.05 bits per heavy atom. The second-order valence-electron chi connectivity index (χ2n) is 9.79. The first-order chi connectivity index (χ1) is 19.3. The lowest BCUT2D eigenvalue weighted by molar-refractivity contribution is -0.149. The van der Waals surface area contributed by atoms with Gasteiger partial charge in [0.2, 0.25) is 16.0 Å². The SMILES string of the molecule is Cc1cc(OCC2CCN(C(=N)N)OC2)cc(OS(=O)(=O)c2ccccc2S(=O)(=O)N2CCN(CC(=O)O)CC2)c1. The van der Waals surface area contributed by atoms with Crippen molar-refractivity contribution in [3.8, 4) is 11.5 Å². The molecule has 41 heavy (non-hydrogen) atoms. The average molecular weight is 612 g/mol. The van der Waals surface area contributed by atoms with E-state index in [1.165, 1.54) is 41.5 Å². The summed E-state index contributed by atoms with van der Waals surface area (Å²) in [4.78, 5) is 17.1. The molecule has 16 heteroatoms. The zero-order valence-electron chi connectivity index (χ0n) is 22.4. The maximum absolute atomic E-state index is 13.5. The third-order valence-corrected chi connectivity index (χ3v) is 10.0. The Morgan fingerprint density at radius 3 is 2.32 bits per heavy atom. The van der Waals surface area contributed by atoms with Crippen molar-refractivity contribution >= 4 is 32.1 Å². The smallest absolute Gasteiger partial charge is 0.340 e. The van der Waals surface area contributed by atoms with E-state index in [2.05, 4.69) is 0 Å². The number of aliphatic carboxylic acids is 1. The third-order valence-electron chi connectivity index (χ3n) is 6.62. The van der Waals surface area contributed by atoms with Crippen LogP contribution in [0.25, 0.3) is 0 Å². The number of nitrogens with one attached hydrogen (secondary N) is 1. The van der Waals surface area contributed by atoms with Gasteiger partial charge >= 0.3 is 16.1 Å². The summed E-state index contributed by atoms with van der Waals surface area (Å²) < 4.78 is 66.1. The van der Waals surface area contributed by atoms with E-state index >= 15 is 0 Å². The van der Waals surface area contributed by atoms with Gasteiger partial charge in [0.1, 0.15) is 21.3 Å². The quantitative estimate of drug-likeness (QED) is 0.194. The lowest BCUT2D eigenvalue weighted by Gasteiger charge is -2.33. The van der Waals surface area contributed by atoms with Gasteiger partial charge in [0, 0.05) is 44.7 Å². The van der Waals surface area contributed by atoms with E-state index in [0.29, 0.717) is 30.9 Å². The Kier molecular flexibility index (Phi) is 9.38. The molecule has 2 aliphatic heterocycles. The minimum absolute atomic E-state index is 0.0161. The van der Waals surface area contributed by atoms with Crippen molar-refractivity contribution in [2.24, 2.45) is 11.7 Å². The van der Waals surface area contributed by atoms with E-state index in [9.17, 15) is 21.6 Å². The van der Waals surface area contributed by atoms with Crippen LogP contribution in [0, 0.1) is 18.3 Å². The largest absolute Gasteiger partial charge is 0.493 e. The van der Waals surface area contributed by atoms with E-state index in [-0.39, 0.29) is 57.0 Å². The van der Waals surface area contributed by atoms with Gasteiger partial charge in [0.15, 0.2) is 0 Å². The molecule has 0 spiro atoms. The summed E-state index contributed by atoms with van der Waals surface area (Å²) in [5.41, 5.74) is 6.09. The van der Waals surface area contributed by atoms with Gasteiger partial charge in [-0.3, -0.25) is 19.9 Å². The first-order valence-electron chi connectivity index (χ1n) is 12.8. The summed E-state index contributed by atoms with van der Waals surface area (Å²) >= 11 is 0. The molecule has 1 atom stereocenters. The van der Waals surface area contributed by atoms with Crippen LogP contribution in [0.2, 0.25) is 0 Å². The maximum Gasteiger partial charge on any atom is 0.340 e. The second-order valence-corrected chi connectivity index (χ2v) is 13.2. The van der Waals surface area contributed by atoms with Crippen LogP contribution < -0.4 is 14.7 Å².